The minimum Gasteiger partial charge on any atom is -0.759 e. The molecule has 1 aromatic rings. The maximum absolute atomic E-state index is 10.8. The third-order valence-corrected chi connectivity index (χ3v) is 1.79. The Morgan fingerprint density at radius 1 is 1.54 bits per heavy atom. The van der Waals surface area contributed by atoms with Gasteiger partial charge >= 0.3 is 29.6 Å². The number of hydrogen-bond donors (Lipinski definition) is 2. The number of carbonyl (C=O) groups is 1. The molecule has 13 heavy (non-hydrogen) atoms. The Labute approximate surface area is 105 Å². The molecule has 64 valence electrons. The largest absolute Gasteiger partial charge is 1.00 e. The molecule has 6 heteroatoms. The summed E-state index contributed by atoms with van der Waals surface area (Å²) in [5.74, 6) is -1.07. The molecule has 0 heterocycles. The summed E-state index contributed by atoms with van der Waals surface area (Å²) in [4.78, 5) is 10.8. The van der Waals surface area contributed by atoms with Crippen LogP contribution in [0, 0.1) is 5.21 Å². The van der Waals surface area contributed by atoms with Gasteiger partial charge in [-0.25, -0.2) is 0 Å². The van der Waals surface area contributed by atoms with E-state index in [1.54, 1.807) is 6.07 Å². The van der Waals surface area contributed by atoms with Gasteiger partial charge in [0.05, 0.1) is 5.56 Å². The van der Waals surface area contributed by atoms with E-state index >= 15 is 0 Å². The standard InChI is InChI=1S/C7H5BrNO3.Na/c8-4-1-2-6(10)5(3-4)7(11)9-12;/h1-3H,(H2-,9,10,11,12);/q-1;+1. The summed E-state index contributed by atoms with van der Waals surface area (Å²) in [7, 11) is 0. The van der Waals surface area contributed by atoms with Crippen molar-refractivity contribution < 1.29 is 39.5 Å². The number of phenols is 1. The first kappa shape index (κ1) is 12.9. The third-order valence-electron chi connectivity index (χ3n) is 1.30. The molecule has 0 aliphatic heterocycles. The number of benzene rings is 1. The molecule has 0 unspecified atom stereocenters. The Kier molecular flexibility index (Phi) is 5.59. The third kappa shape index (κ3) is 3.28. The van der Waals surface area contributed by atoms with E-state index in [-0.39, 0.29) is 40.9 Å². The maximum atomic E-state index is 10.8. The van der Waals surface area contributed by atoms with Crippen molar-refractivity contribution >= 4 is 21.8 Å². The van der Waals surface area contributed by atoms with Crippen LogP contribution in [0.15, 0.2) is 22.7 Å². The molecule has 0 saturated heterocycles. The van der Waals surface area contributed by atoms with Gasteiger partial charge in [-0.05, 0) is 18.2 Å². The first-order valence-corrected chi connectivity index (χ1v) is 3.85. The Hall–Kier alpha value is -0.0700. The van der Waals surface area contributed by atoms with Crippen molar-refractivity contribution in [3.05, 3.63) is 33.4 Å². The van der Waals surface area contributed by atoms with E-state index in [1.165, 1.54) is 17.6 Å². The van der Waals surface area contributed by atoms with Gasteiger partial charge in [0.2, 0.25) is 5.91 Å². The normalized spacial score (nSPS) is 8.77. The second-order valence-electron chi connectivity index (χ2n) is 2.09. The maximum Gasteiger partial charge on any atom is 1.00 e. The van der Waals surface area contributed by atoms with Crippen molar-refractivity contribution in [2.75, 3.05) is 0 Å². The Morgan fingerprint density at radius 3 is 2.69 bits per heavy atom. The summed E-state index contributed by atoms with van der Waals surface area (Å²) < 4.78 is 0.624. The minimum absolute atomic E-state index is 0. The van der Waals surface area contributed by atoms with Crippen LogP contribution in [0.5, 0.6) is 5.75 Å². The summed E-state index contributed by atoms with van der Waals surface area (Å²) >= 11 is 3.10. The van der Waals surface area contributed by atoms with Crippen molar-refractivity contribution in [2.24, 2.45) is 0 Å². The van der Waals surface area contributed by atoms with Crippen LogP contribution >= 0.6 is 15.9 Å². The van der Waals surface area contributed by atoms with Gasteiger partial charge in [0.1, 0.15) is 5.75 Å². The van der Waals surface area contributed by atoms with E-state index in [1.807, 2.05) is 0 Å². The van der Waals surface area contributed by atoms with E-state index in [2.05, 4.69) is 15.9 Å². The number of halogens is 1. The molecule has 1 amide bonds. The second kappa shape index (κ2) is 5.62. The molecular weight excluding hydrogens is 249 g/mol. The van der Waals surface area contributed by atoms with Gasteiger partial charge < -0.3 is 15.8 Å². The Bertz CT molecular complexity index is 319. The number of aromatic hydroxyl groups is 1. The summed E-state index contributed by atoms with van der Waals surface area (Å²) in [5, 5.41) is 19.1. The van der Waals surface area contributed by atoms with Gasteiger partial charge in [0, 0.05) is 4.47 Å². The van der Waals surface area contributed by atoms with Crippen LogP contribution in [-0.2, 0) is 0 Å². The zero-order valence-electron chi connectivity index (χ0n) is 6.87. The fourth-order valence-corrected chi connectivity index (χ4v) is 1.11. The fraction of sp³-hybridized carbons (Fsp3) is 0. The average molecular weight is 254 g/mol. The number of nitrogens with one attached hydrogen (secondary N) is 1. The number of phenolic OH excluding ortho intramolecular Hbond substituents is 1. The number of carbonyl (C=O) groups excluding carboxylic acids is 1. The molecule has 0 spiro atoms. The first-order valence-electron chi connectivity index (χ1n) is 3.06. The molecule has 0 fully saturated rings. The topological polar surface area (TPSA) is 72.4 Å². The predicted octanol–water partition coefficient (Wildman–Crippen LogP) is -1.61. The van der Waals surface area contributed by atoms with E-state index < -0.39 is 5.91 Å². The van der Waals surface area contributed by atoms with Crippen molar-refractivity contribution in [1.29, 1.82) is 0 Å². The van der Waals surface area contributed by atoms with E-state index in [4.69, 9.17) is 5.11 Å². The molecule has 1 aromatic carbocycles. The summed E-state index contributed by atoms with van der Waals surface area (Å²) in [6.07, 6.45) is 0. The van der Waals surface area contributed by atoms with E-state index in [0.717, 1.165) is 0 Å². The molecule has 0 saturated carbocycles. The molecule has 0 radical (unpaired) electrons. The quantitative estimate of drug-likeness (QED) is 0.467. The summed E-state index contributed by atoms with van der Waals surface area (Å²) in [6.45, 7) is 0. The number of hydroxylamine groups is 1. The van der Waals surface area contributed by atoms with Gasteiger partial charge in [0.15, 0.2) is 0 Å². The molecular formula is C7H5BrNNaO3. The van der Waals surface area contributed by atoms with Crippen LogP contribution in [-0.4, -0.2) is 11.0 Å². The predicted molar refractivity (Wildman–Crippen MR) is 46.6 cm³/mol. The van der Waals surface area contributed by atoms with E-state index in [9.17, 15) is 10.0 Å². The minimum atomic E-state index is -0.853. The van der Waals surface area contributed by atoms with Crippen molar-refractivity contribution in [2.45, 2.75) is 0 Å². The zero-order chi connectivity index (χ0) is 9.14. The smallest absolute Gasteiger partial charge is 0.759 e. The fourth-order valence-electron chi connectivity index (χ4n) is 0.745. The molecule has 0 aromatic heterocycles. The average Bonchev–Trinajstić information content (AvgIpc) is 2.08. The van der Waals surface area contributed by atoms with Crippen molar-refractivity contribution in [1.82, 2.24) is 5.48 Å². The van der Waals surface area contributed by atoms with Gasteiger partial charge in [-0.2, -0.15) is 0 Å². The van der Waals surface area contributed by atoms with Gasteiger partial charge in [-0.15, -0.1) is 0 Å². The summed E-state index contributed by atoms with van der Waals surface area (Å²) in [6, 6.07) is 4.26. The van der Waals surface area contributed by atoms with Crippen LogP contribution in [0.25, 0.3) is 0 Å². The van der Waals surface area contributed by atoms with Crippen LogP contribution in [0.4, 0.5) is 0 Å². The molecule has 0 bridgehead atoms. The van der Waals surface area contributed by atoms with Crippen LogP contribution < -0.4 is 35.0 Å². The monoisotopic (exact) mass is 253 g/mol. The van der Waals surface area contributed by atoms with Crippen LogP contribution in [0.1, 0.15) is 10.4 Å². The Balaban J connectivity index is 0.00000144. The zero-order valence-corrected chi connectivity index (χ0v) is 10.5. The van der Waals surface area contributed by atoms with Crippen molar-refractivity contribution in [3.8, 4) is 5.75 Å². The van der Waals surface area contributed by atoms with E-state index in [0.29, 0.717) is 4.47 Å². The first-order chi connectivity index (χ1) is 5.65. The molecule has 4 nitrogen and oxygen atoms in total. The number of rotatable bonds is 1. The van der Waals surface area contributed by atoms with Crippen LogP contribution in [0.2, 0.25) is 0 Å². The molecule has 0 aliphatic carbocycles. The molecule has 0 aliphatic rings. The van der Waals surface area contributed by atoms with Gasteiger partial charge in [-0.1, -0.05) is 15.9 Å². The number of amides is 1. The number of hydrogen-bond acceptors (Lipinski definition) is 3. The second-order valence-corrected chi connectivity index (χ2v) is 3.01. The molecule has 0 atom stereocenters. The Morgan fingerprint density at radius 2 is 2.15 bits per heavy atom. The van der Waals surface area contributed by atoms with Gasteiger partial charge in [0.25, 0.3) is 0 Å². The summed E-state index contributed by atoms with van der Waals surface area (Å²) in [5.41, 5.74) is 1.14. The molecule has 2 N–H and O–H groups in total. The van der Waals surface area contributed by atoms with Crippen molar-refractivity contribution in [3.63, 3.8) is 0 Å². The SMILES string of the molecule is O=C(N[O-])c1cc(Br)ccc1O.[Na+]. The van der Waals surface area contributed by atoms with Crippen LogP contribution in [0.3, 0.4) is 0 Å². The van der Waals surface area contributed by atoms with Gasteiger partial charge in [-0.3, -0.25) is 4.79 Å². The molecule has 1 rings (SSSR count).